The molecule has 0 aliphatic carbocycles. The van der Waals surface area contributed by atoms with Crippen molar-refractivity contribution in [2.45, 2.75) is 19.9 Å². The molecule has 0 fully saturated rings. The van der Waals surface area contributed by atoms with E-state index in [4.69, 9.17) is 9.47 Å². The summed E-state index contributed by atoms with van der Waals surface area (Å²) in [6.45, 7) is 2.66. The van der Waals surface area contributed by atoms with Crippen LogP contribution in [0.3, 0.4) is 0 Å². The van der Waals surface area contributed by atoms with Crippen LogP contribution in [0.1, 0.15) is 11.1 Å². The smallest absolute Gasteiger partial charge is 0.330 e. The van der Waals surface area contributed by atoms with Crippen molar-refractivity contribution in [2.24, 2.45) is 14.1 Å². The SMILES string of the molecule is COc1ccc(CCn2cc3c(c2-c2ccccc2C)c(=O)n(C)c(=O)n3C)cc1OC. The van der Waals surface area contributed by atoms with Gasteiger partial charge in [0.05, 0.1) is 30.8 Å². The second-order valence-electron chi connectivity index (χ2n) is 7.89. The summed E-state index contributed by atoms with van der Waals surface area (Å²) in [6, 6.07) is 13.8. The van der Waals surface area contributed by atoms with Crippen LogP contribution >= 0.6 is 0 Å². The highest BCUT2D eigenvalue weighted by Gasteiger charge is 2.20. The van der Waals surface area contributed by atoms with Crippen LogP contribution < -0.4 is 20.7 Å². The molecule has 4 aromatic rings. The molecular weight excluding hydrogens is 406 g/mol. The first-order valence-electron chi connectivity index (χ1n) is 10.4. The van der Waals surface area contributed by atoms with E-state index in [9.17, 15) is 9.59 Å². The van der Waals surface area contributed by atoms with Gasteiger partial charge in [0.2, 0.25) is 0 Å². The third-order valence-electron chi connectivity index (χ3n) is 6.00. The molecule has 7 nitrogen and oxygen atoms in total. The molecule has 4 rings (SSSR count). The molecule has 0 bridgehead atoms. The van der Waals surface area contributed by atoms with Crippen LogP contribution in [-0.4, -0.2) is 27.9 Å². The fourth-order valence-electron chi connectivity index (χ4n) is 4.18. The van der Waals surface area contributed by atoms with E-state index in [-0.39, 0.29) is 11.2 Å². The minimum Gasteiger partial charge on any atom is -0.493 e. The monoisotopic (exact) mass is 433 g/mol. The number of hydrogen-bond acceptors (Lipinski definition) is 4. The Morgan fingerprint density at radius 2 is 1.62 bits per heavy atom. The topological polar surface area (TPSA) is 67.4 Å². The van der Waals surface area contributed by atoms with E-state index in [1.54, 1.807) is 21.3 Å². The number of aryl methyl sites for hydroxylation is 4. The van der Waals surface area contributed by atoms with Gasteiger partial charge in [0.25, 0.3) is 5.56 Å². The summed E-state index contributed by atoms with van der Waals surface area (Å²) in [5, 5.41) is 0.552. The molecule has 32 heavy (non-hydrogen) atoms. The molecule has 0 aliphatic rings. The van der Waals surface area contributed by atoms with Crippen molar-refractivity contribution < 1.29 is 9.47 Å². The predicted octanol–water partition coefficient (Wildman–Crippen LogP) is 3.27. The first-order valence-corrected chi connectivity index (χ1v) is 10.4. The summed E-state index contributed by atoms with van der Waals surface area (Å²) in [5.74, 6) is 1.36. The number of nitrogens with zero attached hydrogens (tertiary/aromatic N) is 3. The lowest BCUT2D eigenvalue weighted by molar-refractivity contribution is 0.354. The van der Waals surface area contributed by atoms with Crippen LogP contribution in [0.4, 0.5) is 0 Å². The van der Waals surface area contributed by atoms with Crippen LogP contribution in [0, 0.1) is 6.92 Å². The second-order valence-corrected chi connectivity index (χ2v) is 7.89. The molecule has 166 valence electrons. The summed E-state index contributed by atoms with van der Waals surface area (Å²) < 4.78 is 15.5. The minimum absolute atomic E-state index is 0.286. The van der Waals surface area contributed by atoms with Crippen molar-refractivity contribution in [2.75, 3.05) is 14.2 Å². The van der Waals surface area contributed by atoms with E-state index in [1.807, 2.05) is 55.6 Å². The van der Waals surface area contributed by atoms with E-state index in [1.165, 1.54) is 16.2 Å². The van der Waals surface area contributed by atoms with Gasteiger partial charge in [-0.05, 0) is 36.6 Å². The van der Waals surface area contributed by atoms with Gasteiger partial charge in [-0.15, -0.1) is 0 Å². The number of benzene rings is 2. The van der Waals surface area contributed by atoms with Crippen LogP contribution in [-0.2, 0) is 27.1 Å². The molecule has 7 heteroatoms. The molecule has 0 atom stereocenters. The molecule has 0 spiro atoms. The van der Waals surface area contributed by atoms with E-state index in [2.05, 4.69) is 4.57 Å². The standard InChI is InChI=1S/C25H27N3O4/c1-16-8-6-7-9-18(16)23-22-19(26(2)25(30)27(3)24(22)29)15-28(23)13-12-17-10-11-20(31-4)21(14-17)32-5/h6-11,14-15H,12-13H2,1-5H3. The average molecular weight is 434 g/mol. The predicted molar refractivity (Wildman–Crippen MR) is 126 cm³/mol. The highest BCUT2D eigenvalue weighted by atomic mass is 16.5. The van der Waals surface area contributed by atoms with Crippen LogP contribution in [0.2, 0.25) is 0 Å². The molecule has 2 aromatic carbocycles. The molecule has 0 aliphatic heterocycles. The maximum atomic E-state index is 13.2. The van der Waals surface area contributed by atoms with Crippen molar-refractivity contribution >= 4 is 10.9 Å². The number of aromatic nitrogens is 3. The summed E-state index contributed by atoms with van der Waals surface area (Å²) in [6.07, 6.45) is 2.62. The molecular formula is C25H27N3O4. The first kappa shape index (κ1) is 21.5. The van der Waals surface area contributed by atoms with Gasteiger partial charge in [0, 0.05) is 32.4 Å². The number of hydrogen-bond donors (Lipinski definition) is 0. The summed E-state index contributed by atoms with van der Waals surface area (Å²) in [5.41, 5.74) is 3.96. The van der Waals surface area contributed by atoms with Crippen LogP contribution in [0.15, 0.2) is 58.3 Å². The van der Waals surface area contributed by atoms with Crippen LogP contribution in [0.5, 0.6) is 11.5 Å². The Bertz CT molecular complexity index is 1430. The fraction of sp³-hybridized carbons (Fsp3) is 0.280. The Labute approximate surface area is 186 Å². The Morgan fingerprint density at radius 3 is 2.31 bits per heavy atom. The van der Waals surface area contributed by atoms with Crippen molar-refractivity contribution in [3.63, 3.8) is 0 Å². The Kier molecular flexibility index (Phi) is 5.65. The molecule has 0 radical (unpaired) electrons. The normalized spacial score (nSPS) is 11.2. The van der Waals surface area contributed by atoms with Gasteiger partial charge in [-0.3, -0.25) is 13.9 Å². The molecule has 0 unspecified atom stereocenters. The van der Waals surface area contributed by atoms with Gasteiger partial charge >= 0.3 is 5.69 Å². The van der Waals surface area contributed by atoms with Crippen molar-refractivity contribution in [1.29, 1.82) is 0 Å². The highest BCUT2D eigenvalue weighted by Crippen LogP contribution is 2.31. The van der Waals surface area contributed by atoms with Crippen LogP contribution in [0.25, 0.3) is 22.2 Å². The third kappa shape index (κ3) is 3.49. The lowest BCUT2D eigenvalue weighted by Crippen LogP contribution is -2.36. The van der Waals surface area contributed by atoms with Crippen molar-refractivity contribution in [3.8, 4) is 22.8 Å². The van der Waals surface area contributed by atoms with Gasteiger partial charge in [-0.2, -0.15) is 0 Å². The minimum atomic E-state index is -0.337. The Balaban J connectivity index is 1.88. The molecule has 2 heterocycles. The number of fused-ring (bicyclic) bond motifs is 1. The lowest BCUT2D eigenvalue weighted by Gasteiger charge is -2.13. The Hall–Kier alpha value is -3.74. The molecule has 0 saturated carbocycles. The van der Waals surface area contributed by atoms with Gasteiger partial charge in [0.1, 0.15) is 0 Å². The number of ether oxygens (including phenoxy) is 2. The fourth-order valence-corrected chi connectivity index (χ4v) is 4.18. The zero-order valence-corrected chi connectivity index (χ0v) is 19.0. The van der Waals surface area contributed by atoms with Gasteiger partial charge in [-0.25, -0.2) is 4.79 Å². The lowest BCUT2D eigenvalue weighted by atomic mass is 10.0. The summed E-state index contributed by atoms with van der Waals surface area (Å²) in [4.78, 5) is 25.7. The molecule has 0 amide bonds. The van der Waals surface area contributed by atoms with E-state index < -0.39 is 0 Å². The summed E-state index contributed by atoms with van der Waals surface area (Å²) >= 11 is 0. The van der Waals surface area contributed by atoms with E-state index >= 15 is 0 Å². The van der Waals surface area contributed by atoms with E-state index in [0.717, 1.165) is 22.4 Å². The second kappa shape index (κ2) is 8.42. The molecule has 2 aromatic heterocycles. The van der Waals surface area contributed by atoms with E-state index in [0.29, 0.717) is 35.4 Å². The largest absolute Gasteiger partial charge is 0.493 e. The zero-order chi connectivity index (χ0) is 23.0. The Morgan fingerprint density at radius 1 is 0.906 bits per heavy atom. The van der Waals surface area contributed by atoms with Gasteiger partial charge in [-0.1, -0.05) is 30.3 Å². The zero-order valence-electron chi connectivity index (χ0n) is 19.0. The maximum Gasteiger partial charge on any atom is 0.330 e. The average Bonchev–Trinajstić information content (AvgIpc) is 3.19. The van der Waals surface area contributed by atoms with Crippen molar-refractivity contribution in [3.05, 3.63) is 80.6 Å². The number of methoxy groups -OCH3 is 2. The maximum absolute atomic E-state index is 13.2. The highest BCUT2D eigenvalue weighted by molar-refractivity contribution is 5.94. The third-order valence-corrected chi connectivity index (χ3v) is 6.00. The van der Waals surface area contributed by atoms with Crippen molar-refractivity contribution in [1.82, 2.24) is 13.7 Å². The van der Waals surface area contributed by atoms with Gasteiger partial charge < -0.3 is 14.0 Å². The molecule has 0 saturated heterocycles. The first-order chi connectivity index (χ1) is 15.4. The number of rotatable bonds is 6. The molecule has 0 N–H and O–H groups in total. The quantitative estimate of drug-likeness (QED) is 0.468. The summed E-state index contributed by atoms with van der Waals surface area (Å²) in [7, 11) is 6.45. The van der Waals surface area contributed by atoms with Gasteiger partial charge in [0.15, 0.2) is 11.5 Å².